The van der Waals surface area contributed by atoms with Crippen molar-refractivity contribution >= 4 is 11.8 Å². The highest BCUT2D eigenvalue weighted by Gasteiger charge is 2.41. The molecule has 0 bridgehead atoms. The summed E-state index contributed by atoms with van der Waals surface area (Å²) in [6.45, 7) is 11.8. The number of amides is 2. The molecule has 110 valence electrons. The monoisotopic (exact) mass is 270 g/mol. The molecule has 0 radical (unpaired) electrons. The van der Waals surface area contributed by atoms with Crippen molar-refractivity contribution in [3.8, 4) is 0 Å². The van der Waals surface area contributed by atoms with Gasteiger partial charge in [0.2, 0.25) is 11.8 Å². The summed E-state index contributed by atoms with van der Waals surface area (Å²) in [7, 11) is 0. The quantitative estimate of drug-likeness (QED) is 0.759. The summed E-state index contributed by atoms with van der Waals surface area (Å²) < 4.78 is 5.52. The average Bonchev–Trinajstić information content (AvgIpc) is 2.26. The Morgan fingerprint density at radius 2 is 2.00 bits per heavy atom. The number of carbonyl (C=O) groups excluding carboxylic acids is 2. The lowest BCUT2D eigenvalue weighted by molar-refractivity contribution is -0.150. The number of hydrogen-bond donors (Lipinski definition) is 1. The van der Waals surface area contributed by atoms with E-state index in [9.17, 15) is 9.59 Å². The zero-order valence-electron chi connectivity index (χ0n) is 12.7. The first-order chi connectivity index (χ1) is 8.73. The van der Waals surface area contributed by atoms with Crippen molar-refractivity contribution in [2.75, 3.05) is 26.3 Å². The molecule has 5 nitrogen and oxygen atoms in total. The smallest absolute Gasteiger partial charge is 0.243 e. The van der Waals surface area contributed by atoms with E-state index in [4.69, 9.17) is 4.74 Å². The van der Waals surface area contributed by atoms with Crippen LogP contribution >= 0.6 is 0 Å². The second-order valence-corrected chi connectivity index (χ2v) is 6.54. The molecule has 0 aromatic carbocycles. The van der Waals surface area contributed by atoms with Gasteiger partial charge >= 0.3 is 0 Å². The first-order valence-electron chi connectivity index (χ1n) is 6.88. The van der Waals surface area contributed by atoms with Crippen LogP contribution in [0.1, 0.15) is 34.6 Å². The summed E-state index contributed by atoms with van der Waals surface area (Å²) in [6.07, 6.45) is 0. The normalized spacial score (nSPS) is 20.9. The van der Waals surface area contributed by atoms with Gasteiger partial charge in [-0.3, -0.25) is 9.59 Å². The van der Waals surface area contributed by atoms with E-state index in [1.807, 2.05) is 20.8 Å². The van der Waals surface area contributed by atoms with Gasteiger partial charge in [-0.15, -0.1) is 0 Å². The molecule has 1 atom stereocenters. The van der Waals surface area contributed by atoms with Crippen molar-refractivity contribution < 1.29 is 14.3 Å². The zero-order valence-corrected chi connectivity index (χ0v) is 12.7. The fourth-order valence-electron chi connectivity index (χ4n) is 2.24. The number of nitrogens with zero attached hydrogens (tertiary/aromatic N) is 1. The van der Waals surface area contributed by atoms with E-state index in [1.54, 1.807) is 4.90 Å². The second kappa shape index (κ2) is 6.37. The van der Waals surface area contributed by atoms with Crippen LogP contribution in [0.4, 0.5) is 0 Å². The number of piperazine rings is 1. The third kappa shape index (κ3) is 4.49. The third-order valence-electron chi connectivity index (χ3n) is 3.04. The van der Waals surface area contributed by atoms with Crippen LogP contribution in [-0.2, 0) is 14.3 Å². The molecule has 1 saturated heterocycles. The van der Waals surface area contributed by atoms with Crippen molar-refractivity contribution in [1.29, 1.82) is 0 Å². The number of carbonyl (C=O) groups is 2. The molecule has 0 aromatic heterocycles. The van der Waals surface area contributed by atoms with E-state index in [1.165, 1.54) is 0 Å². The molecule has 0 aliphatic carbocycles. The standard InChI is InChI=1S/C14H26N2O3/c1-10(2)9-19-7-6-16-11(17)8-15-13(18)12(16)14(3,4)5/h10,12H,6-9H2,1-5H3,(H,15,18). The number of nitrogens with one attached hydrogen (secondary N) is 1. The van der Waals surface area contributed by atoms with Crippen LogP contribution in [-0.4, -0.2) is 49.1 Å². The fourth-order valence-corrected chi connectivity index (χ4v) is 2.24. The molecule has 1 rings (SSSR count). The Labute approximate surface area is 115 Å². The number of hydrogen-bond acceptors (Lipinski definition) is 3. The van der Waals surface area contributed by atoms with Gasteiger partial charge < -0.3 is 15.0 Å². The molecule has 1 aliphatic rings. The first-order valence-corrected chi connectivity index (χ1v) is 6.88. The summed E-state index contributed by atoms with van der Waals surface area (Å²) in [4.78, 5) is 25.6. The first kappa shape index (κ1) is 16.0. The SMILES string of the molecule is CC(C)COCCN1C(=O)CNC(=O)C1C(C)(C)C. The average molecular weight is 270 g/mol. The van der Waals surface area contributed by atoms with Crippen molar-refractivity contribution in [1.82, 2.24) is 10.2 Å². The van der Waals surface area contributed by atoms with E-state index in [0.717, 1.165) is 0 Å². The molecule has 1 unspecified atom stereocenters. The van der Waals surface area contributed by atoms with Gasteiger partial charge in [-0.05, 0) is 11.3 Å². The highest BCUT2D eigenvalue weighted by molar-refractivity contribution is 5.95. The molecule has 1 fully saturated rings. The topological polar surface area (TPSA) is 58.6 Å². The maximum atomic E-state index is 12.0. The van der Waals surface area contributed by atoms with Crippen LogP contribution in [0, 0.1) is 11.3 Å². The maximum absolute atomic E-state index is 12.0. The predicted molar refractivity (Wildman–Crippen MR) is 73.6 cm³/mol. The molecular weight excluding hydrogens is 244 g/mol. The van der Waals surface area contributed by atoms with E-state index in [0.29, 0.717) is 25.7 Å². The summed E-state index contributed by atoms with van der Waals surface area (Å²) in [5.74, 6) is 0.363. The van der Waals surface area contributed by atoms with E-state index in [-0.39, 0.29) is 23.8 Å². The van der Waals surface area contributed by atoms with Gasteiger partial charge in [-0.2, -0.15) is 0 Å². The number of ether oxygens (including phenoxy) is 1. The highest BCUT2D eigenvalue weighted by atomic mass is 16.5. The Morgan fingerprint density at radius 3 is 2.53 bits per heavy atom. The van der Waals surface area contributed by atoms with Crippen LogP contribution < -0.4 is 5.32 Å². The lowest BCUT2D eigenvalue weighted by atomic mass is 9.84. The van der Waals surface area contributed by atoms with Gasteiger partial charge in [0.15, 0.2) is 0 Å². The Hall–Kier alpha value is -1.10. The van der Waals surface area contributed by atoms with Crippen LogP contribution in [0.3, 0.4) is 0 Å². The van der Waals surface area contributed by atoms with Gasteiger partial charge in [0.05, 0.1) is 13.2 Å². The molecule has 0 spiro atoms. The lowest BCUT2D eigenvalue weighted by Crippen LogP contribution is -2.63. The molecule has 1 N–H and O–H groups in total. The molecule has 5 heteroatoms. The molecule has 0 aromatic rings. The van der Waals surface area contributed by atoms with E-state index < -0.39 is 6.04 Å². The summed E-state index contributed by atoms with van der Waals surface area (Å²) in [5.41, 5.74) is -0.280. The number of rotatable bonds is 5. The Kier molecular flexibility index (Phi) is 5.35. The Bertz CT molecular complexity index is 334. The summed E-state index contributed by atoms with van der Waals surface area (Å²) >= 11 is 0. The maximum Gasteiger partial charge on any atom is 0.243 e. The zero-order chi connectivity index (χ0) is 14.6. The van der Waals surface area contributed by atoms with Gasteiger partial charge in [-0.25, -0.2) is 0 Å². The minimum absolute atomic E-state index is 0.0346. The Balaban J connectivity index is 2.64. The van der Waals surface area contributed by atoms with Crippen molar-refractivity contribution in [2.45, 2.75) is 40.7 Å². The van der Waals surface area contributed by atoms with Crippen LogP contribution in [0.25, 0.3) is 0 Å². The Morgan fingerprint density at radius 1 is 1.37 bits per heavy atom. The lowest BCUT2D eigenvalue weighted by Gasteiger charge is -2.42. The molecule has 1 heterocycles. The molecule has 1 aliphatic heterocycles. The van der Waals surface area contributed by atoms with Crippen LogP contribution in [0.5, 0.6) is 0 Å². The van der Waals surface area contributed by atoms with E-state index >= 15 is 0 Å². The van der Waals surface area contributed by atoms with E-state index in [2.05, 4.69) is 19.2 Å². The van der Waals surface area contributed by atoms with Crippen molar-refractivity contribution in [3.05, 3.63) is 0 Å². The molecular formula is C14H26N2O3. The molecule has 0 saturated carbocycles. The van der Waals surface area contributed by atoms with Gasteiger partial charge in [-0.1, -0.05) is 34.6 Å². The van der Waals surface area contributed by atoms with Gasteiger partial charge in [0, 0.05) is 13.2 Å². The summed E-state index contributed by atoms with van der Waals surface area (Å²) in [6, 6.07) is -0.420. The minimum Gasteiger partial charge on any atom is -0.379 e. The fraction of sp³-hybridized carbons (Fsp3) is 0.857. The molecule has 19 heavy (non-hydrogen) atoms. The third-order valence-corrected chi connectivity index (χ3v) is 3.04. The van der Waals surface area contributed by atoms with Crippen molar-refractivity contribution in [2.24, 2.45) is 11.3 Å². The van der Waals surface area contributed by atoms with Crippen LogP contribution in [0.15, 0.2) is 0 Å². The predicted octanol–water partition coefficient (Wildman–Crippen LogP) is 1.03. The van der Waals surface area contributed by atoms with Crippen molar-refractivity contribution in [3.63, 3.8) is 0 Å². The minimum atomic E-state index is -0.420. The van der Waals surface area contributed by atoms with Crippen LogP contribution in [0.2, 0.25) is 0 Å². The molecule has 2 amide bonds. The largest absolute Gasteiger partial charge is 0.379 e. The summed E-state index contributed by atoms with van der Waals surface area (Å²) in [5, 5.41) is 2.66. The van der Waals surface area contributed by atoms with Gasteiger partial charge in [0.25, 0.3) is 0 Å². The van der Waals surface area contributed by atoms with Gasteiger partial charge in [0.1, 0.15) is 6.04 Å². The highest BCUT2D eigenvalue weighted by Crippen LogP contribution is 2.26. The second-order valence-electron chi connectivity index (χ2n) is 6.54.